The number of hydrogen-bond donors (Lipinski definition) is 1. The van der Waals surface area contributed by atoms with Crippen molar-refractivity contribution in [3.63, 3.8) is 0 Å². The Morgan fingerprint density at radius 2 is 1.70 bits per heavy atom. The molecule has 0 saturated heterocycles. The van der Waals surface area contributed by atoms with Gasteiger partial charge < -0.3 is 5.32 Å². The molecule has 0 aliphatic rings. The Labute approximate surface area is 137 Å². The van der Waals surface area contributed by atoms with Gasteiger partial charge >= 0.3 is 0 Å². The van der Waals surface area contributed by atoms with Gasteiger partial charge in [0.25, 0.3) is 5.69 Å². The Morgan fingerprint density at radius 3 is 2.30 bits per heavy atom. The molecular formula is C18H26N2O3. The summed E-state index contributed by atoms with van der Waals surface area (Å²) >= 11 is 0. The van der Waals surface area contributed by atoms with Gasteiger partial charge in [0.15, 0.2) is 0 Å². The molecule has 1 aromatic rings. The van der Waals surface area contributed by atoms with Gasteiger partial charge in [-0.1, -0.05) is 45.4 Å². The molecule has 0 unspecified atom stereocenters. The van der Waals surface area contributed by atoms with Crippen molar-refractivity contribution in [3.8, 4) is 0 Å². The van der Waals surface area contributed by atoms with Crippen LogP contribution in [0.15, 0.2) is 30.3 Å². The predicted octanol–water partition coefficient (Wildman–Crippen LogP) is 4.47. The number of rotatable bonds is 11. The van der Waals surface area contributed by atoms with Crippen LogP contribution in [0.4, 0.5) is 5.69 Å². The zero-order chi connectivity index (χ0) is 16.9. The van der Waals surface area contributed by atoms with E-state index in [9.17, 15) is 14.9 Å². The van der Waals surface area contributed by atoms with E-state index in [1.165, 1.54) is 50.3 Å². The van der Waals surface area contributed by atoms with Crippen molar-refractivity contribution >= 4 is 17.7 Å². The van der Waals surface area contributed by atoms with Gasteiger partial charge in [0.1, 0.15) is 0 Å². The van der Waals surface area contributed by atoms with Crippen molar-refractivity contribution in [3.05, 3.63) is 46.0 Å². The number of nitro benzene ring substituents is 1. The standard InChI is InChI=1S/C18H26N2O3/c1-2-3-4-5-6-7-8-15-19-18(21)14-11-16-9-12-17(13-10-16)20(22)23/h9-14H,2-8,15H2,1H3,(H,19,21)/b14-11+. The van der Waals surface area contributed by atoms with E-state index < -0.39 is 4.92 Å². The number of nitrogens with zero attached hydrogens (tertiary/aromatic N) is 1. The summed E-state index contributed by atoms with van der Waals surface area (Å²) in [5, 5.41) is 13.4. The first-order valence-corrected chi connectivity index (χ1v) is 8.34. The summed E-state index contributed by atoms with van der Waals surface area (Å²) in [4.78, 5) is 21.8. The van der Waals surface area contributed by atoms with Crippen LogP contribution in [0, 0.1) is 10.1 Å². The van der Waals surface area contributed by atoms with Crippen LogP contribution in [0.5, 0.6) is 0 Å². The van der Waals surface area contributed by atoms with Crippen LogP contribution >= 0.6 is 0 Å². The van der Waals surface area contributed by atoms with Crippen molar-refractivity contribution in [2.24, 2.45) is 0 Å². The van der Waals surface area contributed by atoms with E-state index in [-0.39, 0.29) is 11.6 Å². The number of hydrogen-bond acceptors (Lipinski definition) is 3. The smallest absolute Gasteiger partial charge is 0.269 e. The van der Waals surface area contributed by atoms with E-state index in [0.29, 0.717) is 6.54 Å². The van der Waals surface area contributed by atoms with Gasteiger partial charge in [0, 0.05) is 24.8 Å². The molecule has 0 aliphatic carbocycles. The second kappa shape index (κ2) is 11.4. The molecule has 0 spiro atoms. The molecule has 0 radical (unpaired) electrons. The second-order valence-electron chi connectivity index (χ2n) is 5.59. The number of unbranched alkanes of at least 4 members (excludes halogenated alkanes) is 6. The number of benzene rings is 1. The minimum Gasteiger partial charge on any atom is -0.353 e. The lowest BCUT2D eigenvalue weighted by atomic mass is 10.1. The van der Waals surface area contributed by atoms with Gasteiger partial charge in [-0.2, -0.15) is 0 Å². The maximum Gasteiger partial charge on any atom is 0.269 e. The van der Waals surface area contributed by atoms with Gasteiger partial charge in [-0.3, -0.25) is 14.9 Å². The van der Waals surface area contributed by atoms with Gasteiger partial charge in [0.2, 0.25) is 5.91 Å². The van der Waals surface area contributed by atoms with Crippen LogP contribution in [0.2, 0.25) is 0 Å². The van der Waals surface area contributed by atoms with Crippen LogP contribution in [0.1, 0.15) is 57.4 Å². The lowest BCUT2D eigenvalue weighted by Gasteiger charge is -2.02. The molecule has 0 aromatic heterocycles. The number of carbonyl (C=O) groups excluding carboxylic acids is 1. The zero-order valence-corrected chi connectivity index (χ0v) is 13.8. The molecule has 0 aliphatic heterocycles. The van der Waals surface area contributed by atoms with Crippen LogP contribution < -0.4 is 5.32 Å². The van der Waals surface area contributed by atoms with E-state index in [0.717, 1.165) is 18.4 Å². The quantitative estimate of drug-likeness (QED) is 0.283. The molecule has 0 atom stereocenters. The van der Waals surface area contributed by atoms with Crippen LogP contribution in [-0.4, -0.2) is 17.4 Å². The largest absolute Gasteiger partial charge is 0.353 e. The van der Waals surface area contributed by atoms with E-state index in [1.807, 2.05) is 0 Å². The molecule has 0 heterocycles. The molecule has 126 valence electrons. The summed E-state index contributed by atoms with van der Waals surface area (Å²) in [7, 11) is 0. The molecule has 0 fully saturated rings. The first kappa shape index (κ1) is 18.9. The predicted molar refractivity (Wildman–Crippen MR) is 93.1 cm³/mol. The molecule has 1 N–H and O–H groups in total. The SMILES string of the molecule is CCCCCCCCCNC(=O)/C=C/c1ccc([N+](=O)[O-])cc1. The molecule has 1 aromatic carbocycles. The molecule has 5 heteroatoms. The topological polar surface area (TPSA) is 72.2 Å². The second-order valence-corrected chi connectivity index (χ2v) is 5.59. The first-order valence-electron chi connectivity index (χ1n) is 8.34. The lowest BCUT2D eigenvalue weighted by molar-refractivity contribution is -0.384. The van der Waals surface area contributed by atoms with Crippen molar-refractivity contribution in [2.45, 2.75) is 51.9 Å². The van der Waals surface area contributed by atoms with Gasteiger partial charge in [-0.05, 0) is 30.2 Å². The summed E-state index contributed by atoms with van der Waals surface area (Å²) in [6, 6.07) is 6.10. The Bertz CT molecular complexity index is 510. The third-order valence-electron chi connectivity index (χ3n) is 3.61. The Balaban J connectivity index is 2.17. The number of carbonyl (C=O) groups is 1. The molecule has 1 rings (SSSR count). The van der Waals surface area contributed by atoms with Crippen LogP contribution in [0.25, 0.3) is 6.08 Å². The van der Waals surface area contributed by atoms with E-state index in [2.05, 4.69) is 12.2 Å². The number of non-ortho nitro benzene ring substituents is 1. The van der Waals surface area contributed by atoms with Crippen molar-refractivity contribution < 1.29 is 9.72 Å². The Morgan fingerprint density at radius 1 is 1.09 bits per heavy atom. The average molecular weight is 318 g/mol. The van der Waals surface area contributed by atoms with E-state index in [1.54, 1.807) is 18.2 Å². The molecule has 1 amide bonds. The fraction of sp³-hybridized carbons (Fsp3) is 0.500. The number of nitrogens with one attached hydrogen (secondary N) is 1. The van der Waals surface area contributed by atoms with Gasteiger partial charge in [0.05, 0.1) is 4.92 Å². The highest BCUT2D eigenvalue weighted by Crippen LogP contribution is 2.12. The fourth-order valence-electron chi connectivity index (χ4n) is 2.23. The zero-order valence-electron chi connectivity index (χ0n) is 13.8. The molecule has 5 nitrogen and oxygen atoms in total. The number of nitro groups is 1. The normalized spacial score (nSPS) is 10.8. The third kappa shape index (κ3) is 8.76. The fourth-order valence-corrected chi connectivity index (χ4v) is 2.23. The maximum absolute atomic E-state index is 11.7. The Hall–Kier alpha value is -2.17. The maximum atomic E-state index is 11.7. The van der Waals surface area contributed by atoms with Crippen LogP contribution in [-0.2, 0) is 4.79 Å². The highest BCUT2D eigenvalue weighted by atomic mass is 16.6. The van der Waals surface area contributed by atoms with E-state index in [4.69, 9.17) is 0 Å². The monoisotopic (exact) mass is 318 g/mol. The summed E-state index contributed by atoms with van der Waals surface area (Å²) in [6.07, 6.45) is 11.7. The van der Waals surface area contributed by atoms with Crippen molar-refractivity contribution in [1.82, 2.24) is 5.32 Å². The third-order valence-corrected chi connectivity index (χ3v) is 3.61. The summed E-state index contributed by atoms with van der Waals surface area (Å²) < 4.78 is 0. The summed E-state index contributed by atoms with van der Waals surface area (Å²) in [6.45, 7) is 2.90. The minimum absolute atomic E-state index is 0.0468. The van der Waals surface area contributed by atoms with Crippen LogP contribution in [0.3, 0.4) is 0 Å². The Kier molecular flexibility index (Phi) is 9.36. The molecule has 0 saturated carbocycles. The summed E-state index contributed by atoms with van der Waals surface area (Å²) in [5.41, 5.74) is 0.812. The number of amides is 1. The van der Waals surface area contributed by atoms with Crippen molar-refractivity contribution in [1.29, 1.82) is 0 Å². The lowest BCUT2D eigenvalue weighted by Crippen LogP contribution is -2.21. The molecular weight excluding hydrogens is 292 g/mol. The van der Waals surface area contributed by atoms with Gasteiger partial charge in [-0.15, -0.1) is 0 Å². The summed E-state index contributed by atoms with van der Waals surface area (Å²) in [5.74, 6) is -0.130. The molecule has 0 bridgehead atoms. The first-order chi connectivity index (χ1) is 11.1. The minimum atomic E-state index is -0.442. The highest BCUT2D eigenvalue weighted by Gasteiger charge is 2.02. The van der Waals surface area contributed by atoms with E-state index >= 15 is 0 Å². The van der Waals surface area contributed by atoms with Gasteiger partial charge in [-0.25, -0.2) is 0 Å². The highest BCUT2D eigenvalue weighted by molar-refractivity contribution is 5.91. The van der Waals surface area contributed by atoms with Crippen molar-refractivity contribution in [2.75, 3.05) is 6.54 Å². The molecule has 23 heavy (non-hydrogen) atoms. The average Bonchev–Trinajstić information content (AvgIpc) is 2.55.